The number of carboxylic acids is 2. The van der Waals surface area contributed by atoms with Crippen LogP contribution in [0.1, 0.15) is 22.6 Å². The lowest BCUT2D eigenvalue weighted by molar-refractivity contribution is -0.165. The number of fused-ring (bicyclic) bond motifs is 2. The van der Waals surface area contributed by atoms with Gasteiger partial charge in [-0.05, 0) is 52.6 Å². The number of aliphatic hydroxyl groups excluding tert-OH is 2. The Labute approximate surface area is 220 Å². The predicted molar refractivity (Wildman–Crippen MR) is 136 cm³/mol. The molecule has 37 heavy (non-hydrogen) atoms. The second-order valence-electron chi connectivity index (χ2n) is 8.32. The van der Waals surface area contributed by atoms with Crippen molar-refractivity contribution in [2.24, 2.45) is 0 Å². The molecule has 0 unspecified atom stereocenters. The molecule has 3 atom stereocenters. The zero-order valence-corrected chi connectivity index (χ0v) is 20.6. The third kappa shape index (κ3) is 5.90. The summed E-state index contributed by atoms with van der Waals surface area (Å²) in [6.45, 7) is 1.74. The van der Waals surface area contributed by atoms with Crippen LogP contribution in [0.25, 0.3) is 16.8 Å². The van der Waals surface area contributed by atoms with E-state index >= 15 is 0 Å². The van der Waals surface area contributed by atoms with Crippen molar-refractivity contribution in [3.8, 4) is 11.1 Å². The first-order valence-corrected chi connectivity index (χ1v) is 11.8. The number of hydrogen-bond acceptors (Lipinski definition) is 7. The second kappa shape index (κ2) is 11.2. The van der Waals surface area contributed by atoms with Crippen LogP contribution in [-0.2, 0) is 16.1 Å². The minimum Gasteiger partial charge on any atom is -0.479 e. The molecule has 0 saturated heterocycles. The summed E-state index contributed by atoms with van der Waals surface area (Å²) in [4.78, 5) is 23.7. The Morgan fingerprint density at radius 1 is 0.946 bits per heavy atom. The van der Waals surface area contributed by atoms with Gasteiger partial charge < -0.3 is 25.7 Å². The van der Waals surface area contributed by atoms with Crippen LogP contribution in [0.5, 0.6) is 0 Å². The van der Waals surface area contributed by atoms with E-state index < -0.39 is 24.1 Å². The van der Waals surface area contributed by atoms with Crippen LogP contribution >= 0.6 is 23.2 Å². The molecule has 10 nitrogen and oxygen atoms in total. The minimum atomic E-state index is -2.27. The van der Waals surface area contributed by atoms with Gasteiger partial charge in [-0.3, -0.25) is 0 Å². The molecule has 0 aliphatic carbocycles. The number of hydrogen-bond donors (Lipinski definition) is 5. The maximum absolute atomic E-state index is 9.77. The zero-order chi connectivity index (χ0) is 26.7. The normalized spacial score (nSPS) is 16.3. The van der Waals surface area contributed by atoms with Gasteiger partial charge in [0, 0.05) is 30.8 Å². The number of rotatable bonds is 5. The van der Waals surface area contributed by atoms with E-state index in [1.165, 1.54) is 22.3 Å². The summed E-state index contributed by atoms with van der Waals surface area (Å²) in [6.07, 6.45) is -0.955. The summed E-state index contributed by atoms with van der Waals surface area (Å²) < 4.78 is 1.80. The first-order chi connectivity index (χ1) is 17.7. The molecule has 0 bridgehead atoms. The number of nitrogens with one attached hydrogen (secondary N) is 1. The largest absolute Gasteiger partial charge is 0.479 e. The standard InChI is InChI=1S/C21H16Cl2N4.C4H6O6/c22-19-5-2-14(8-20(19)23)18-10-24-9-16-7-13(1-4-17(16)18)15-3-6-21-25-12-26-27(21)11-15;5-1(3(7)8)2(6)4(9)10/h1-8,11-12,18,24H,9-10H2;1-2,5-6H,(H,7,8)(H,9,10)/t18-;1-,2-/m01/s1. The second-order valence-corrected chi connectivity index (χ2v) is 9.13. The molecule has 2 aromatic heterocycles. The number of nitrogens with zero attached hydrogens (tertiary/aromatic N) is 3. The molecule has 192 valence electrons. The Bertz CT molecular complexity index is 1440. The molecule has 0 radical (unpaired) electrons. The summed E-state index contributed by atoms with van der Waals surface area (Å²) >= 11 is 12.3. The number of aliphatic carboxylic acids is 2. The van der Waals surface area contributed by atoms with E-state index in [0.29, 0.717) is 10.0 Å². The molecule has 3 heterocycles. The van der Waals surface area contributed by atoms with Crippen molar-refractivity contribution in [1.82, 2.24) is 19.9 Å². The molecule has 5 rings (SSSR count). The molecule has 4 aromatic rings. The Morgan fingerprint density at radius 3 is 2.32 bits per heavy atom. The maximum Gasteiger partial charge on any atom is 0.335 e. The highest BCUT2D eigenvalue weighted by atomic mass is 35.5. The molecule has 2 aromatic carbocycles. The molecule has 1 aliphatic rings. The van der Waals surface area contributed by atoms with Crippen LogP contribution < -0.4 is 5.32 Å². The predicted octanol–water partition coefficient (Wildman–Crippen LogP) is 2.82. The fourth-order valence-corrected chi connectivity index (χ4v) is 4.33. The molecule has 0 amide bonds. The molecular weight excluding hydrogens is 523 g/mol. The van der Waals surface area contributed by atoms with Gasteiger partial charge in [-0.25, -0.2) is 19.1 Å². The first kappa shape index (κ1) is 26.5. The minimum absolute atomic E-state index is 0.260. The molecule has 0 fully saturated rings. The van der Waals surface area contributed by atoms with E-state index in [-0.39, 0.29) is 5.92 Å². The van der Waals surface area contributed by atoms with Gasteiger partial charge in [-0.15, -0.1) is 0 Å². The Kier molecular flexibility index (Phi) is 8.06. The van der Waals surface area contributed by atoms with E-state index in [1.807, 2.05) is 24.4 Å². The number of aromatic nitrogens is 3. The molecule has 0 saturated carbocycles. The van der Waals surface area contributed by atoms with Gasteiger partial charge in [0.2, 0.25) is 0 Å². The number of benzene rings is 2. The smallest absolute Gasteiger partial charge is 0.335 e. The van der Waals surface area contributed by atoms with Crippen LogP contribution in [0.3, 0.4) is 0 Å². The number of carbonyl (C=O) groups is 2. The average molecular weight is 545 g/mol. The molecule has 0 spiro atoms. The quantitative estimate of drug-likeness (QED) is 0.254. The summed E-state index contributed by atoms with van der Waals surface area (Å²) in [7, 11) is 0. The Morgan fingerprint density at radius 2 is 1.65 bits per heavy atom. The molecule has 1 aliphatic heterocycles. The number of halogens is 2. The van der Waals surface area contributed by atoms with Gasteiger partial charge >= 0.3 is 11.9 Å². The highest BCUT2D eigenvalue weighted by molar-refractivity contribution is 6.42. The van der Waals surface area contributed by atoms with Gasteiger partial charge in [0.05, 0.1) is 10.0 Å². The fourth-order valence-electron chi connectivity index (χ4n) is 4.02. The lowest BCUT2D eigenvalue weighted by atomic mass is 9.84. The van der Waals surface area contributed by atoms with Gasteiger partial charge in [0.15, 0.2) is 17.9 Å². The van der Waals surface area contributed by atoms with Crippen molar-refractivity contribution in [2.45, 2.75) is 24.7 Å². The van der Waals surface area contributed by atoms with Gasteiger partial charge in [-0.1, -0.05) is 41.4 Å². The molecule has 12 heteroatoms. The third-order valence-electron chi connectivity index (χ3n) is 5.94. The van der Waals surface area contributed by atoms with Crippen molar-refractivity contribution in [3.63, 3.8) is 0 Å². The van der Waals surface area contributed by atoms with Crippen LogP contribution in [0.15, 0.2) is 61.1 Å². The van der Waals surface area contributed by atoms with E-state index in [9.17, 15) is 9.59 Å². The lowest BCUT2D eigenvalue weighted by Gasteiger charge is -2.27. The van der Waals surface area contributed by atoms with Crippen molar-refractivity contribution in [3.05, 3.63) is 87.8 Å². The Balaban J connectivity index is 0.000000275. The van der Waals surface area contributed by atoms with Crippen LogP contribution in [0, 0.1) is 0 Å². The van der Waals surface area contributed by atoms with Crippen molar-refractivity contribution < 1.29 is 30.0 Å². The van der Waals surface area contributed by atoms with Gasteiger partial charge in [0.25, 0.3) is 0 Å². The fraction of sp³-hybridized carbons (Fsp3) is 0.200. The van der Waals surface area contributed by atoms with E-state index in [2.05, 4.69) is 45.7 Å². The zero-order valence-electron chi connectivity index (χ0n) is 19.1. The van der Waals surface area contributed by atoms with Gasteiger partial charge in [0.1, 0.15) is 6.33 Å². The van der Waals surface area contributed by atoms with Gasteiger partial charge in [-0.2, -0.15) is 5.10 Å². The summed E-state index contributed by atoms with van der Waals surface area (Å²) in [5.74, 6) is -3.28. The van der Waals surface area contributed by atoms with E-state index in [0.717, 1.165) is 24.3 Å². The van der Waals surface area contributed by atoms with E-state index in [1.54, 1.807) is 10.8 Å². The highest BCUT2D eigenvalue weighted by Crippen LogP contribution is 2.35. The monoisotopic (exact) mass is 544 g/mol. The summed E-state index contributed by atoms with van der Waals surface area (Å²) in [6, 6.07) is 16.6. The van der Waals surface area contributed by atoms with Crippen molar-refractivity contribution in [2.75, 3.05) is 6.54 Å². The molecule has 5 N–H and O–H groups in total. The maximum atomic E-state index is 9.77. The SMILES string of the molecule is Clc1ccc([C@@H]2CNCc3cc(-c4ccc5ncnn5c4)ccc32)cc1Cl.O=C(O)[C@H](O)[C@@H](O)C(=O)O. The average Bonchev–Trinajstić information content (AvgIpc) is 3.37. The summed E-state index contributed by atoms with van der Waals surface area (Å²) in [5, 5.41) is 41.5. The first-order valence-electron chi connectivity index (χ1n) is 11.1. The van der Waals surface area contributed by atoms with E-state index in [4.69, 9.17) is 43.6 Å². The van der Waals surface area contributed by atoms with Crippen molar-refractivity contribution >= 4 is 40.8 Å². The third-order valence-corrected chi connectivity index (χ3v) is 6.68. The van der Waals surface area contributed by atoms with Crippen molar-refractivity contribution in [1.29, 1.82) is 0 Å². The number of pyridine rings is 1. The van der Waals surface area contributed by atoms with Crippen LogP contribution in [0.4, 0.5) is 0 Å². The topological polar surface area (TPSA) is 157 Å². The van der Waals surface area contributed by atoms with Crippen LogP contribution in [0.2, 0.25) is 10.0 Å². The lowest BCUT2D eigenvalue weighted by Crippen LogP contribution is -2.39. The number of aliphatic hydroxyl groups is 2. The highest BCUT2D eigenvalue weighted by Gasteiger charge is 2.29. The molecular formula is C25H22Cl2N4O6. The Hall–Kier alpha value is -3.54. The number of carboxylic acid groups (broad SMARTS) is 2. The summed E-state index contributed by atoms with van der Waals surface area (Å²) in [5.41, 5.74) is 6.94. The van der Waals surface area contributed by atoms with Crippen LogP contribution in [-0.4, -0.2) is 65.7 Å².